The number of aromatic carboxylic acids is 5. The number of nitrogens with zero attached hydrogens (tertiary/aromatic N) is 4. The molecule has 224 valence electrons. The molecular weight excluding hydrogens is 552 g/mol. The average Bonchev–Trinajstić information content (AvgIpc) is 3.47. The fourth-order valence-corrected chi connectivity index (χ4v) is 2.95. The monoisotopic (exact) mass is 583 g/mol. The topological polar surface area (TPSA) is 213 Å². The average molecular weight is 584 g/mol. The zero-order valence-corrected chi connectivity index (χ0v) is 22.5. The van der Waals surface area contributed by atoms with Crippen molar-refractivity contribution in [3.63, 3.8) is 0 Å². The van der Waals surface area contributed by atoms with E-state index in [1.807, 2.05) is 42.0 Å². The second kappa shape index (κ2) is 17.0. The Morgan fingerprint density at radius 2 is 1.02 bits per heavy atom. The van der Waals surface area contributed by atoms with Gasteiger partial charge in [-0.2, -0.15) is 0 Å². The molecule has 2 N–H and O–H groups in total. The first-order valence-electron chi connectivity index (χ1n) is 11.4. The number of carboxylic acid groups (broad SMARTS) is 5. The summed E-state index contributed by atoms with van der Waals surface area (Å²) in [5, 5.41) is 47.7. The Kier molecular flexibility index (Phi) is 14.7. The van der Waals surface area contributed by atoms with Gasteiger partial charge in [-0.25, -0.2) is 27.9 Å². The molecule has 42 heavy (non-hydrogen) atoms. The Labute approximate surface area is 241 Å². The maximum absolute atomic E-state index is 10.4. The molecule has 0 radical (unpaired) electrons. The van der Waals surface area contributed by atoms with E-state index in [9.17, 15) is 39.3 Å². The number of hydrogen-bond acceptors (Lipinski definition) is 8. The van der Waals surface area contributed by atoms with Crippen molar-refractivity contribution in [3.05, 3.63) is 108 Å². The van der Waals surface area contributed by atoms with Gasteiger partial charge in [0.25, 0.3) is 0 Å². The van der Waals surface area contributed by atoms with Gasteiger partial charge in [0.1, 0.15) is 24.8 Å². The molecule has 0 aliphatic carbocycles. The van der Waals surface area contributed by atoms with Crippen LogP contribution in [-0.2, 0) is 28.2 Å². The highest BCUT2D eigenvalue weighted by Gasteiger charge is 2.10. The third-order valence-corrected chi connectivity index (χ3v) is 5.00. The maximum atomic E-state index is 10.4. The first kappa shape index (κ1) is 36.2. The third-order valence-electron chi connectivity index (χ3n) is 5.00. The van der Waals surface area contributed by atoms with Crippen molar-refractivity contribution < 1.29 is 58.6 Å². The van der Waals surface area contributed by atoms with E-state index < -0.39 is 29.8 Å². The minimum absolute atomic E-state index is 0. The van der Waals surface area contributed by atoms with Gasteiger partial charge in [-0.05, 0) is 35.4 Å². The molecule has 0 aliphatic heterocycles. The van der Waals surface area contributed by atoms with Crippen molar-refractivity contribution in [2.24, 2.45) is 28.2 Å². The number of aromatic nitrogens is 4. The molecule has 0 saturated heterocycles. The Morgan fingerprint density at radius 3 is 1.19 bits per heavy atom. The van der Waals surface area contributed by atoms with Gasteiger partial charge < -0.3 is 39.9 Å². The van der Waals surface area contributed by atoms with Gasteiger partial charge in [0.2, 0.25) is 6.33 Å². The van der Waals surface area contributed by atoms with Crippen LogP contribution >= 0.6 is 0 Å². The molecule has 4 rings (SSSR count). The SMILES string of the molecule is C.Cn1cc[n+](C)c1.Cn1cc[n+](C)c1C(=O)[O-].O=C(O)c1ccc(C(=O)O)cc1.O=C([O-])c1ccc(C(=O)[O-])cc1. The van der Waals surface area contributed by atoms with Crippen molar-refractivity contribution in [2.75, 3.05) is 0 Å². The number of aryl methyl sites for hydroxylation is 4. The summed E-state index contributed by atoms with van der Waals surface area (Å²) in [6.45, 7) is 0. The minimum atomic E-state index is -1.33. The van der Waals surface area contributed by atoms with Crippen molar-refractivity contribution in [3.8, 4) is 0 Å². The van der Waals surface area contributed by atoms with Crippen LogP contribution in [0.5, 0.6) is 0 Å². The van der Waals surface area contributed by atoms with E-state index in [-0.39, 0.29) is 35.5 Å². The molecule has 2 aromatic heterocycles. The van der Waals surface area contributed by atoms with Gasteiger partial charge in [0.05, 0.1) is 51.3 Å². The molecule has 2 heterocycles. The summed E-state index contributed by atoms with van der Waals surface area (Å²) in [6, 6.07) is 9.64. The summed E-state index contributed by atoms with van der Waals surface area (Å²) >= 11 is 0. The van der Waals surface area contributed by atoms with Crippen LogP contribution < -0.4 is 24.5 Å². The number of imidazole rings is 2. The third kappa shape index (κ3) is 11.9. The highest BCUT2D eigenvalue weighted by atomic mass is 16.4. The number of carboxylic acids is 5. The number of hydrogen-bond donors (Lipinski definition) is 2. The van der Waals surface area contributed by atoms with E-state index in [4.69, 9.17) is 10.2 Å². The Bertz CT molecular complexity index is 1330. The summed E-state index contributed by atoms with van der Waals surface area (Å²) < 4.78 is 6.99. The summed E-state index contributed by atoms with van der Waals surface area (Å²) in [4.78, 5) is 51.4. The predicted octanol–water partition coefficient (Wildman–Crippen LogP) is -1.80. The van der Waals surface area contributed by atoms with Crippen LogP contribution in [0.1, 0.15) is 59.5 Å². The Hall–Kier alpha value is -5.79. The molecule has 0 unspecified atom stereocenters. The molecule has 0 bridgehead atoms. The van der Waals surface area contributed by atoms with Gasteiger partial charge in [-0.15, -0.1) is 0 Å². The molecule has 0 saturated carbocycles. The lowest BCUT2D eigenvalue weighted by Gasteiger charge is -2.04. The van der Waals surface area contributed by atoms with Crippen LogP contribution in [0.3, 0.4) is 0 Å². The molecule has 14 nitrogen and oxygen atoms in total. The van der Waals surface area contributed by atoms with Crippen LogP contribution in [0.2, 0.25) is 0 Å². The van der Waals surface area contributed by atoms with E-state index in [1.165, 1.54) is 33.4 Å². The molecule has 0 fully saturated rings. The van der Waals surface area contributed by atoms with Crippen LogP contribution in [0.25, 0.3) is 0 Å². The summed E-state index contributed by atoms with van der Waals surface area (Å²) in [6.07, 6.45) is 9.32. The molecule has 0 spiro atoms. The van der Waals surface area contributed by atoms with Crippen LogP contribution in [0.4, 0.5) is 0 Å². The lowest BCUT2D eigenvalue weighted by atomic mass is 10.1. The van der Waals surface area contributed by atoms with Crippen molar-refractivity contribution in [1.82, 2.24) is 9.13 Å². The summed E-state index contributed by atoms with van der Waals surface area (Å²) in [5.74, 6) is -5.78. The highest BCUT2D eigenvalue weighted by Crippen LogP contribution is 2.04. The van der Waals surface area contributed by atoms with Crippen molar-refractivity contribution in [1.29, 1.82) is 0 Å². The molecule has 2 aromatic carbocycles. The Balaban J connectivity index is 0.000000538. The number of carbonyl (C=O) groups is 5. The fourth-order valence-electron chi connectivity index (χ4n) is 2.95. The number of carbonyl (C=O) groups excluding carboxylic acids is 3. The van der Waals surface area contributed by atoms with Gasteiger partial charge >= 0.3 is 17.8 Å². The minimum Gasteiger partial charge on any atom is -0.545 e. The quantitative estimate of drug-likeness (QED) is 0.251. The van der Waals surface area contributed by atoms with Crippen molar-refractivity contribution >= 4 is 29.8 Å². The summed E-state index contributed by atoms with van der Waals surface area (Å²) in [7, 11) is 7.32. The second-order valence-corrected chi connectivity index (χ2v) is 8.22. The fraction of sp³-hybridized carbons (Fsp3) is 0.179. The summed E-state index contributed by atoms with van der Waals surface area (Å²) in [5.41, 5.74) is 0.0556. The lowest BCUT2D eigenvalue weighted by molar-refractivity contribution is -0.675. The van der Waals surface area contributed by atoms with Gasteiger partial charge in [-0.3, -0.25) is 0 Å². The van der Waals surface area contributed by atoms with E-state index in [1.54, 1.807) is 26.5 Å². The van der Waals surface area contributed by atoms with Gasteiger partial charge in [-0.1, -0.05) is 31.7 Å². The first-order valence-corrected chi connectivity index (χ1v) is 11.4. The normalized spacial score (nSPS) is 9.24. The molecule has 4 aromatic rings. The van der Waals surface area contributed by atoms with Crippen LogP contribution in [0, 0.1) is 0 Å². The largest absolute Gasteiger partial charge is 0.545 e. The smallest absolute Gasteiger partial charge is 0.335 e. The number of rotatable bonds is 5. The number of benzene rings is 2. The standard InChI is InChI=1S/2C8H6O4.C6H8N2O2.C5H9N2.CH4/c2*9-7(10)5-1-2-6(4-3-5)8(11)12;1-7-3-4-8(2)5(7)6(9)10;1-6-3-4-7(2)5-6;/h2*1-4H,(H,9,10)(H,11,12);3-4H,1-2H3;3-5H,1-2H3;1H4/q;;;+1;/p-2. The van der Waals surface area contributed by atoms with E-state index in [0.29, 0.717) is 0 Å². The van der Waals surface area contributed by atoms with Crippen LogP contribution in [0.15, 0.2) is 79.6 Å². The van der Waals surface area contributed by atoms with Crippen LogP contribution in [-0.4, -0.2) is 49.2 Å². The zero-order valence-electron chi connectivity index (χ0n) is 22.5. The van der Waals surface area contributed by atoms with E-state index in [2.05, 4.69) is 0 Å². The van der Waals surface area contributed by atoms with Gasteiger partial charge in [0.15, 0.2) is 5.97 Å². The molecule has 0 aliphatic rings. The highest BCUT2D eigenvalue weighted by molar-refractivity contribution is 5.91. The maximum Gasteiger partial charge on any atom is 0.335 e. The van der Waals surface area contributed by atoms with E-state index in [0.717, 1.165) is 24.3 Å². The van der Waals surface area contributed by atoms with Crippen molar-refractivity contribution in [2.45, 2.75) is 7.43 Å². The van der Waals surface area contributed by atoms with Gasteiger partial charge in [0, 0.05) is 0 Å². The van der Waals surface area contributed by atoms with E-state index >= 15 is 0 Å². The lowest BCUT2D eigenvalue weighted by Crippen LogP contribution is -2.41. The molecule has 14 heteroatoms. The molecular formula is C28H31N4O10-. The molecule has 0 atom stereocenters. The molecule has 0 amide bonds. The second-order valence-electron chi connectivity index (χ2n) is 8.22. The first-order chi connectivity index (χ1) is 19.1. The Morgan fingerprint density at radius 1 is 0.643 bits per heavy atom. The zero-order chi connectivity index (χ0) is 31.3. The predicted molar refractivity (Wildman–Crippen MR) is 140 cm³/mol.